The standard InChI is InChI=1S/C19H20ClN3O2S/c1-13-2-5-16(12-17(13)20)22-19(26)21-15-6-3-14(4-7-15)18(24)23-8-10-25-11-9-23/h2-7,12H,8-11H2,1H3,(H2,21,22,26). The maximum atomic E-state index is 12.4. The fourth-order valence-electron chi connectivity index (χ4n) is 2.61. The number of nitrogens with one attached hydrogen (secondary N) is 2. The van der Waals surface area contributed by atoms with Gasteiger partial charge in [-0.25, -0.2) is 0 Å². The Labute approximate surface area is 163 Å². The molecule has 2 aromatic rings. The third-order valence-electron chi connectivity index (χ3n) is 4.12. The Balaban J connectivity index is 1.58. The molecule has 1 aliphatic rings. The summed E-state index contributed by atoms with van der Waals surface area (Å²) in [5, 5.41) is 7.34. The zero-order valence-electron chi connectivity index (χ0n) is 14.4. The smallest absolute Gasteiger partial charge is 0.254 e. The van der Waals surface area contributed by atoms with Gasteiger partial charge in [0.25, 0.3) is 5.91 Å². The van der Waals surface area contributed by atoms with Crippen molar-refractivity contribution < 1.29 is 9.53 Å². The van der Waals surface area contributed by atoms with Crippen molar-refractivity contribution in [2.45, 2.75) is 6.92 Å². The van der Waals surface area contributed by atoms with Crippen molar-refractivity contribution >= 4 is 46.2 Å². The predicted molar refractivity (Wildman–Crippen MR) is 109 cm³/mol. The van der Waals surface area contributed by atoms with Crippen LogP contribution in [0.2, 0.25) is 5.02 Å². The van der Waals surface area contributed by atoms with E-state index >= 15 is 0 Å². The van der Waals surface area contributed by atoms with Crippen molar-refractivity contribution in [3.05, 3.63) is 58.6 Å². The SMILES string of the molecule is Cc1ccc(NC(=S)Nc2ccc(C(=O)N3CCOCC3)cc2)cc1Cl. The van der Waals surface area contributed by atoms with Gasteiger partial charge in [-0.15, -0.1) is 0 Å². The highest BCUT2D eigenvalue weighted by Gasteiger charge is 2.18. The average molecular weight is 390 g/mol. The number of anilines is 2. The van der Waals surface area contributed by atoms with Crippen LogP contribution in [0.1, 0.15) is 15.9 Å². The second-order valence-corrected chi connectivity index (χ2v) is 6.84. The molecule has 26 heavy (non-hydrogen) atoms. The van der Waals surface area contributed by atoms with E-state index in [4.69, 9.17) is 28.6 Å². The van der Waals surface area contributed by atoms with Crippen LogP contribution in [-0.2, 0) is 4.74 Å². The number of amides is 1. The van der Waals surface area contributed by atoms with E-state index in [1.54, 1.807) is 17.0 Å². The zero-order chi connectivity index (χ0) is 18.5. The Hall–Kier alpha value is -2.15. The van der Waals surface area contributed by atoms with Crippen molar-refractivity contribution in [2.24, 2.45) is 0 Å². The van der Waals surface area contributed by atoms with Gasteiger partial charge < -0.3 is 20.3 Å². The molecule has 0 atom stereocenters. The zero-order valence-corrected chi connectivity index (χ0v) is 16.0. The molecule has 1 saturated heterocycles. The van der Waals surface area contributed by atoms with Crippen LogP contribution in [-0.4, -0.2) is 42.2 Å². The average Bonchev–Trinajstić information content (AvgIpc) is 2.65. The third kappa shape index (κ3) is 4.72. The lowest BCUT2D eigenvalue weighted by molar-refractivity contribution is 0.0303. The first-order chi connectivity index (χ1) is 12.5. The number of carbonyl (C=O) groups excluding carboxylic acids is 1. The Bertz CT molecular complexity index is 805. The molecule has 0 bridgehead atoms. The molecule has 3 rings (SSSR count). The van der Waals surface area contributed by atoms with Crippen molar-refractivity contribution in [1.82, 2.24) is 4.90 Å². The molecule has 1 aliphatic heterocycles. The number of thiocarbonyl (C=S) groups is 1. The number of hydrogen-bond donors (Lipinski definition) is 2. The number of ether oxygens (including phenoxy) is 1. The van der Waals surface area contributed by atoms with Gasteiger partial charge in [0, 0.05) is 35.1 Å². The Morgan fingerprint density at radius 2 is 1.69 bits per heavy atom. The summed E-state index contributed by atoms with van der Waals surface area (Å²) in [6, 6.07) is 12.9. The van der Waals surface area contributed by atoms with Crippen LogP contribution in [0.15, 0.2) is 42.5 Å². The van der Waals surface area contributed by atoms with Gasteiger partial charge >= 0.3 is 0 Å². The van der Waals surface area contributed by atoms with Crippen LogP contribution >= 0.6 is 23.8 Å². The maximum absolute atomic E-state index is 12.4. The number of carbonyl (C=O) groups is 1. The molecule has 0 aromatic heterocycles. The molecular formula is C19H20ClN3O2S. The second kappa shape index (κ2) is 8.49. The van der Waals surface area contributed by atoms with Gasteiger partial charge in [-0.3, -0.25) is 4.79 Å². The van der Waals surface area contributed by atoms with Gasteiger partial charge in [-0.1, -0.05) is 17.7 Å². The van der Waals surface area contributed by atoms with Crippen LogP contribution in [0.25, 0.3) is 0 Å². The minimum atomic E-state index is 0.0230. The summed E-state index contributed by atoms with van der Waals surface area (Å²) in [4.78, 5) is 14.2. The highest BCUT2D eigenvalue weighted by Crippen LogP contribution is 2.20. The quantitative estimate of drug-likeness (QED) is 0.779. The summed E-state index contributed by atoms with van der Waals surface area (Å²) in [6.07, 6.45) is 0. The Morgan fingerprint density at radius 1 is 1.08 bits per heavy atom. The van der Waals surface area contributed by atoms with Crippen LogP contribution in [0.3, 0.4) is 0 Å². The molecule has 0 radical (unpaired) electrons. The van der Waals surface area contributed by atoms with Crippen molar-refractivity contribution in [3.8, 4) is 0 Å². The van der Waals surface area contributed by atoms with Crippen LogP contribution in [0, 0.1) is 6.92 Å². The molecule has 5 nitrogen and oxygen atoms in total. The lowest BCUT2D eigenvalue weighted by Crippen LogP contribution is -2.40. The van der Waals surface area contributed by atoms with E-state index in [1.807, 2.05) is 37.3 Å². The van der Waals surface area contributed by atoms with E-state index in [1.165, 1.54) is 0 Å². The molecule has 0 spiro atoms. The van der Waals surface area contributed by atoms with Gasteiger partial charge in [-0.05, 0) is 61.1 Å². The molecule has 136 valence electrons. The normalized spacial score (nSPS) is 14.0. The van der Waals surface area contributed by atoms with Crippen molar-refractivity contribution in [2.75, 3.05) is 36.9 Å². The maximum Gasteiger partial charge on any atom is 0.254 e. The number of nitrogens with zero attached hydrogens (tertiary/aromatic N) is 1. The summed E-state index contributed by atoms with van der Waals surface area (Å²) < 4.78 is 5.28. The number of halogens is 1. The molecule has 0 unspecified atom stereocenters. The molecular weight excluding hydrogens is 370 g/mol. The molecule has 2 aromatic carbocycles. The number of morpholine rings is 1. The molecule has 0 saturated carbocycles. The van der Waals surface area contributed by atoms with Gasteiger partial charge in [0.2, 0.25) is 0 Å². The first-order valence-electron chi connectivity index (χ1n) is 8.34. The first-order valence-corrected chi connectivity index (χ1v) is 9.13. The fraction of sp³-hybridized carbons (Fsp3) is 0.263. The lowest BCUT2D eigenvalue weighted by atomic mass is 10.1. The summed E-state index contributed by atoms with van der Waals surface area (Å²) in [6.45, 7) is 4.39. The minimum Gasteiger partial charge on any atom is -0.378 e. The Kier molecular flexibility index (Phi) is 6.08. The van der Waals surface area contributed by atoms with Gasteiger partial charge in [0.15, 0.2) is 5.11 Å². The third-order valence-corrected chi connectivity index (χ3v) is 4.73. The summed E-state index contributed by atoms with van der Waals surface area (Å²) in [7, 11) is 0. The molecule has 1 fully saturated rings. The molecule has 1 amide bonds. The highest BCUT2D eigenvalue weighted by atomic mass is 35.5. The first kappa shape index (κ1) is 18.6. The van der Waals surface area contributed by atoms with Gasteiger partial charge in [0.1, 0.15) is 0 Å². The lowest BCUT2D eigenvalue weighted by Gasteiger charge is -2.26. The number of hydrogen-bond acceptors (Lipinski definition) is 3. The van der Waals surface area contributed by atoms with Crippen LogP contribution in [0.5, 0.6) is 0 Å². The van der Waals surface area contributed by atoms with Crippen LogP contribution in [0.4, 0.5) is 11.4 Å². The van der Waals surface area contributed by atoms with Crippen molar-refractivity contribution in [1.29, 1.82) is 0 Å². The minimum absolute atomic E-state index is 0.0230. The molecule has 1 heterocycles. The highest BCUT2D eigenvalue weighted by molar-refractivity contribution is 7.80. The Morgan fingerprint density at radius 3 is 2.35 bits per heavy atom. The second-order valence-electron chi connectivity index (χ2n) is 6.03. The van der Waals surface area contributed by atoms with E-state index in [0.29, 0.717) is 42.0 Å². The number of rotatable bonds is 3. The van der Waals surface area contributed by atoms with E-state index in [-0.39, 0.29) is 5.91 Å². The van der Waals surface area contributed by atoms with E-state index in [2.05, 4.69) is 10.6 Å². The largest absolute Gasteiger partial charge is 0.378 e. The fourth-order valence-corrected chi connectivity index (χ4v) is 3.03. The number of aryl methyl sites for hydroxylation is 1. The molecule has 0 aliphatic carbocycles. The summed E-state index contributed by atoms with van der Waals surface area (Å²) in [5.41, 5.74) is 3.29. The van der Waals surface area contributed by atoms with E-state index < -0.39 is 0 Å². The summed E-state index contributed by atoms with van der Waals surface area (Å²) >= 11 is 11.4. The van der Waals surface area contributed by atoms with Gasteiger partial charge in [-0.2, -0.15) is 0 Å². The monoisotopic (exact) mass is 389 g/mol. The predicted octanol–water partition coefficient (Wildman–Crippen LogP) is 3.93. The molecule has 7 heteroatoms. The molecule has 2 N–H and O–H groups in total. The van der Waals surface area contributed by atoms with Crippen molar-refractivity contribution in [3.63, 3.8) is 0 Å². The number of benzene rings is 2. The van der Waals surface area contributed by atoms with Crippen LogP contribution < -0.4 is 10.6 Å². The topological polar surface area (TPSA) is 53.6 Å². The van der Waals surface area contributed by atoms with E-state index in [0.717, 1.165) is 16.9 Å². The summed E-state index contributed by atoms with van der Waals surface area (Å²) in [5.74, 6) is 0.0230. The van der Waals surface area contributed by atoms with E-state index in [9.17, 15) is 4.79 Å². The van der Waals surface area contributed by atoms with Gasteiger partial charge in [0.05, 0.1) is 13.2 Å².